The lowest BCUT2D eigenvalue weighted by atomic mass is 10.0. The normalized spacial score (nSPS) is 11.5. The summed E-state index contributed by atoms with van der Waals surface area (Å²) in [7, 11) is 0. The highest BCUT2D eigenvalue weighted by Gasteiger charge is 1.97. The van der Waals surface area contributed by atoms with E-state index in [-0.39, 0.29) is 0 Å². The summed E-state index contributed by atoms with van der Waals surface area (Å²) in [5.41, 5.74) is 0. The Morgan fingerprint density at radius 2 is 0.800 bits per heavy atom. The molecule has 0 aliphatic rings. The molecule has 0 aromatic rings. The minimum Gasteiger partial charge on any atom is -0.481 e. The Morgan fingerprint density at radius 3 is 1.10 bits per heavy atom. The highest BCUT2D eigenvalue weighted by atomic mass is 16.4. The van der Waals surface area contributed by atoms with Gasteiger partial charge in [-0.25, -0.2) is 0 Å². The summed E-state index contributed by atoms with van der Waals surface area (Å²) in [6.45, 7) is 2.21. The van der Waals surface area contributed by atoms with Crippen LogP contribution in [0, 0.1) is 0 Å². The van der Waals surface area contributed by atoms with Crippen molar-refractivity contribution in [2.24, 2.45) is 0 Å². The van der Waals surface area contributed by atoms with Gasteiger partial charge in [-0.2, -0.15) is 0 Å². The Bertz CT molecular complexity index is 362. The molecule has 0 rings (SSSR count). The lowest BCUT2D eigenvalue weighted by Crippen LogP contribution is -1.93. The van der Waals surface area contributed by atoms with Crippen LogP contribution in [0.15, 0.2) is 12.2 Å². The summed E-state index contributed by atoms with van der Waals surface area (Å²) >= 11 is 0. The standard InChI is InChI=1S/C28H54O2/c1-2-3-4-5-6-7-8-9-10-11-12-13-14-15-16-17-18-19-20-21-22-23-24-25-26-27-28(29)30/h3-4H,2,5-27H2,1H3,(H,29,30). The van der Waals surface area contributed by atoms with Crippen molar-refractivity contribution in [3.63, 3.8) is 0 Å². The smallest absolute Gasteiger partial charge is 0.303 e. The minimum absolute atomic E-state index is 0.345. The second-order valence-electron chi connectivity index (χ2n) is 9.24. The molecule has 0 bridgehead atoms. The molecule has 2 heteroatoms. The van der Waals surface area contributed by atoms with Crippen LogP contribution in [0.4, 0.5) is 0 Å². The van der Waals surface area contributed by atoms with Crippen LogP contribution < -0.4 is 0 Å². The zero-order valence-electron chi connectivity index (χ0n) is 20.5. The Kier molecular flexibility index (Phi) is 25.6. The maximum Gasteiger partial charge on any atom is 0.303 e. The minimum atomic E-state index is -0.651. The summed E-state index contributed by atoms with van der Waals surface area (Å²) in [5, 5.41) is 8.59. The van der Waals surface area contributed by atoms with E-state index in [0.29, 0.717) is 6.42 Å². The van der Waals surface area contributed by atoms with Crippen LogP contribution in [-0.2, 0) is 4.79 Å². The molecule has 1 N–H and O–H groups in total. The van der Waals surface area contributed by atoms with Gasteiger partial charge < -0.3 is 5.11 Å². The predicted octanol–water partition coefficient (Wildman–Crippen LogP) is 10.0. The third-order valence-electron chi connectivity index (χ3n) is 6.16. The van der Waals surface area contributed by atoms with E-state index < -0.39 is 5.97 Å². The molecule has 30 heavy (non-hydrogen) atoms. The predicted molar refractivity (Wildman–Crippen MR) is 133 cm³/mol. The van der Waals surface area contributed by atoms with Crippen molar-refractivity contribution >= 4 is 5.97 Å². The zero-order valence-corrected chi connectivity index (χ0v) is 20.5. The average Bonchev–Trinajstić information content (AvgIpc) is 2.73. The fourth-order valence-electron chi connectivity index (χ4n) is 4.18. The Labute approximate surface area is 189 Å². The van der Waals surface area contributed by atoms with E-state index in [0.717, 1.165) is 12.8 Å². The van der Waals surface area contributed by atoms with Gasteiger partial charge in [0, 0.05) is 6.42 Å². The number of aliphatic carboxylic acids is 1. The van der Waals surface area contributed by atoms with Crippen molar-refractivity contribution < 1.29 is 9.90 Å². The van der Waals surface area contributed by atoms with Gasteiger partial charge in [-0.1, -0.05) is 141 Å². The molecular formula is C28H54O2. The van der Waals surface area contributed by atoms with E-state index >= 15 is 0 Å². The van der Waals surface area contributed by atoms with Gasteiger partial charge in [0.2, 0.25) is 0 Å². The van der Waals surface area contributed by atoms with Crippen molar-refractivity contribution in [3.8, 4) is 0 Å². The Morgan fingerprint density at radius 1 is 0.500 bits per heavy atom. The summed E-state index contributed by atoms with van der Waals surface area (Å²) in [4.78, 5) is 10.4. The lowest BCUT2D eigenvalue weighted by molar-refractivity contribution is -0.137. The fourth-order valence-corrected chi connectivity index (χ4v) is 4.18. The van der Waals surface area contributed by atoms with Crippen LogP contribution in [-0.4, -0.2) is 11.1 Å². The van der Waals surface area contributed by atoms with Gasteiger partial charge in [-0.05, 0) is 25.7 Å². The highest BCUT2D eigenvalue weighted by molar-refractivity contribution is 5.66. The van der Waals surface area contributed by atoms with E-state index in [2.05, 4.69) is 19.1 Å². The molecule has 0 aliphatic carbocycles. The zero-order chi connectivity index (χ0) is 22.0. The molecule has 0 spiro atoms. The van der Waals surface area contributed by atoms with Gasteiger partial charge in [0.25, 0.3) is 0 Å². The van der Waals surface area contributed by atoms with Crippen LogP contribution in [0.3, 0.4) is 0 Å². The topological polar surface area (TPSA) is 37.3 Å². The van der Waals surface area contributed by atoms with Gasteiger partial charge in [0.1, 0.15) is 0 Å². The number of carboxylic acid groups (broad SMARTS) is 1. The third-order valence-corrected chi connectivity index (χ3v) is 6.16. The Hall–Kier alpha value is -0.790. The molecule has 178 valence electrons. The molecule has 2 nitrogen and oxygen atoms in total. The van der Waals surface area contributed by atoms with E-state index in [1.807, 2.05) is 0 Å². The van der Waals surface area contributed by atoms with Crippen LogP contribution >= 0.6 is 0 Å². The van der Waals surface area contributed by atoms with Crippen molar-refractivity contribution in [2.75, 3.05) is 0 Å². The number of hydrogen-bond acceptors (Lipinski definition) is 1. The van der Waals surface area contributed by atoms with Gasteiger partial charge in [-0.3, -0.25) is 4.79 Å². The van der Waals surface area contributed by atoms with Crippen molar-refractivity contribution in [1.82, 2.24) is 0 Å². The van der Waals surface area contributed by atoms with E-state index in [1.165, 1.54) is 135 Å². The first kappa shape index (κ1) is 29.2. The number of hydrogen-bond donors (Lipinski definition) is 1. The molecule has 0 aliphatic heterocycles. The maximum atomic E-state index is 10.4. The molecule has 0 fully saturated rings. The summed E-state index contributed by atoms with van der Waals surface area (Å²) in [6, 6.07) is 0. The van der Waals surface area contributed by atoms with Crippen molar-refractivity contribution in [3.05, 3.63) is 12.2 Å². The molecule has 0 saturated carbocycles. The van der Waals surface area contributed by atoms with Gasteiger partial charge in [0.15, 0.2) is 0 Å². The molecular weight excluding hydrogens is 368 g/mol. The summed E-state index contributed by atoms with van der Waals surface area (Å²) in [6.07, 6.45) is 36.1. The van der Waals surface area contributed by atoms with Crippen LogP contribution in [0.2, 0.25) is 0 Å². The lowest BCUT2D eigenvalue weighted by Gasteiger charge is -2.04. The second kappa shape index (κ2) is 26.2. The number of carboxylic acids is 1. The molecule has 0 aromatic heterocycles. The van der Waals surface area contributed by atoms with E-state index in [4.69, 9.17) is 5.11 Å². The summed E-state index contributed by atoms with van der Waals surface area (Å²) < 4.78 is 0. The number of carbonyl (C=O) groups is 1. The van der Waals surface area contributed by atoms with E-state index in [9.17, 15) is 4.79 Å². The van der Waals surface area contributed by atoms with Crippen LogP contribution in [0.25, 0.3) is 0 Å². The number of unbranched alkanes of at least 4 members (excludes halogenated alkanes) is 21. The SMILES string of the molecule is CCC=CCCCCCCCCCCCCCCCCCCCCCCCC(=O)O. The molecule has 0 saturated heterocycles. The molecule has 0 heterocycles. The average molecular weight is 423 g/mol. The van der Waals surface area contributed by atoms with E-state index in [1.54, 1.807) is 0 Å². The monoisotopic (exact) mass is 422 g/mol. The summed E-state index contributed by atoms with van der Waals surface area (Å²) in [5.74, 6) is -0.651. The van der Waals surface area contributed by atoms with Crippen LogP contribution in [0.5, 0.6) is 0 Å². The fraction of sp³-hybridized carbons (Fsp3) is 0.893. The van der Waals surface area contributed by atoms with Crippen molar-refractivity contribution in [2.45, 2.75) is 161 Å². The van der Waals surface area contributed by atoms with Gasteiger partial charge in [-0.15, -0.1) is 0 Å². The van der Waals surface area contributed by atoms with Crippen molar-refractivity contribution in [1.29, 1.82) is 0 Å². The number of rotatable bonds is 25. The van der Waals surface area contributed by atoms with Crippen LogP contribution in [0.1, 0.15) is 161 Å². The third kappa shape index (κ3) is 27.2. The maximum absolute atomic E-state index is 10.4. The molecule has 0 amide bonds. The largest absolute Gasteiger partial charge is 0.481 e. The first-order valence-corrected chi connectivity index (χ1v) is 13.6. The first-order chi connectivity index (χ1) is 14.8. The molecule has 0 unspecified atom stereocenters. The second-order valence-corrected chi connectivity index (χ2v) is 9.24. The van der Waals surface area contributed by atoms with Gasteiger partial charge in [0.05, 0.1) is 0 Å². The number of allylic oxidation sites excluding steroid dienone is 2. The van der Waals surface area contributed by atoms with Gasteiger partial charge >= 0.3 is 5.97 Å². The Balaban J connectivity index is 3.02. The quantitative estimate of drug-likeness (QED) is 0.117. The highest BCUT2D eigenvalue weighted by Crippen LogP contribution is 2.15. The molecule has 0 atom stereocenters. The molecule has 0 radical (unpaired) electrons. The first-order valence-electron chi connectivity index (χ1n) is 13.6. The molecule has 0 aromatic carbocycles.